The zero-order chi connectivity index (χ0) is 28.4. The molecular weight excluding hydrogens is 600 g/mol. The first-order chi connectivity index (χ1) is 19.1. The zero-order valence-electron chi connectivity index (χ0n) is 21.4. The van der Waals surface area contributed by atoms with Crippen molar-refractivity contribution in [2.24, 2.45) is 0 Å². The third-order valence-electron chi connectivity index (χ3n) is 7.04. The van der Waals surface area contributed by atoms with Crippen LogP contribution in [0.1, 0.15) is 21.7 Å². The van der Waals surface area contributed by atoms with Crippen LogP contribution in [0.4, 0.5) is 13.2 Å². The molecule has 0 atom stereocenters. The van der Waals surface area contributed by atoms with Gasteiger partial charge in [-0.3, -0.25) is 0 Å². The normalized spacial score (nSPS) is 12.9. The van der Waals surface area contributed by atoms with Crippen molar-refractivity contribution in [3.63, 3.8) is 0 Å². The third kappa shape index (κ3) is 4.89. The van der Waals surface area contributed by atoms with Gasteiger partial charge in [0.25, 0.3) is 0 Å². The fourth-order valence-electron chi connectivity index (χ4n) is 5.00. The van der Waals surface area contributed by atoms with Gasteiger partial charge in [-0.05, 0) is 0 Å². The van der Waals surface area contributed by atoms with Crippen molar-refractivity contribution in [1.29, 1.82) is 0 Å². The second-order valence-corrected chi connectivity index (χ2v) is 18.3. The van der Waals surface area contributed by atoms with Crippen LogP contribution in [0, 0.1) is 0 Å². The van der Waals surface area contributed by atoms with Gasteiger partial charge in [-0.25, -0.2) is 0 Å². The summed E-state index contributed by atoms with van der Waals surface area (Å²) in [6.45, 7) is 0. The molecule has 0 fully saturated rings. The molecule has 204 valence electrons. The zero-order valence-corrected chi connectivity index (χ0v) is 23.9. The van der Waals surface area contributed by atoms with E-state index in [1.165, 1.54) is 19.2 Å². The Kier molecular flexibility index (Phi) is 7.47. The molecule has 0 aliphatic heterocycles. The molecule has 5 aromatic rings. The fourth-order valence-corrected chi connectivity index (χ4v) is 12.4. The van der Waals surface area contributed by atoms with E-state index >= 15 is 0 Å². The molecular formula is C32H25BrF3O3P. The topological polar surface area (TPSA) is 39.4 Å². The van der Waals surface area contributed by atoms with E-state index in [-0.39, 0.29) is 17.5 Å². The predicted molar refractivity (Wildman–Crippen MR) is 158 cm³/mol. The summed E-state index contributed by atoms with van der Waals surface area (Å²) in [5, 5.41) is -0.473. The molecule has 0 saturated carbocycles. The second-order valence-electron chi connectivity index (χ2n) is 9.36. The molecule has 1 aromatic heterocycles. The van der Waals surface area contributed by atoms with Crippen molar-refractivity contribution < 1.29 is 27.1 Å². The molecule has 0 unspecified atom stereocenters. The van der Waals surface area contributed by atoms with Crippen LogP contribution in [0.2, 0.25) is 0 Å². The van der Waals surface area contributed by atoms with Crippen LogP contribution in [0.25, 0.3) is 11.3 Å². The van der Waals surface area contributed by atoms with Crippen LogP contribution >= 0.6 is 20.8 Å². The van der Waals surface area contributed by atoms with Gasteiger partial charge in [0.15, 0.2) is 0 Å². The minimum atomic E-state index is -4.46. The molecule has 0 aliphatic carbocycles. The SMILES string of the molecule is COC(=O)c1cc(-c2ccc(C(F)(F)F)cc2)oc1CP(Br)(c1ccccc1)(c1ccccc1)c1ccccc1. The third-order valence-corrected chi connectivity index (χ3v) is 16.5. The first kappa shape index (κ1) is 27.9. The molecule has 3 nitrogen and oxygen atoms in total. The van der Waals surface area contributed by atoms with Crippen molar-refractivity contribution in [3.05, 3.63) is 138 Å². The van der Waals surface area contributed by atoms with Gasteiger partial charge < -0.3 is 0 Å². The van der Waals surface area contributed by atoms with Gasteiger partial charge in [0, 0.05) is 0 Å². The van der Waals surface area contributed by atoms with Crippen LogP contribution in [-0.2, 0) is 17.1 Å². The van der Waals surface area contributed by atoms with Crippen molar-refractivity contribution in [1.82, 2.24) is 0 Å². The Morgan fingerprint density at radius 2 is 1.23 bits per heavy atom. The molecule has 0 aliphatic rings. The Morgan fingerprint density at radius 1 is 0.775 bits per heavy atom. The van der Waals surface area contributed by atoms with Gasteiger partial charge in [0.1, 0.15) is 0 Å². The van der Waals surface area contributed by atoms with E-state index in [9.17, 15) is 18.0 Å². The summed E-state index contributed by atoms with van der Waals surface area (Å²) in [6.07, 6.45) is -4.19. The van der Waals surface area contributed by atoms with Crippen LogP contribution < -0.4 is 15.9 Å². The molecule has 0 bridgehead atoms. The summed E-state index contributed by atoms with van der Waals surface area (Å²) in [6, 6.07) is 36.3. The number of carbonyl (C=O) groups is 1. The number of esters is 1. The maximum absolute atomic E-state index is 13.2. The van der Waals surface area contributed by atoms with E-state index in [1.807, 2.05) is 54.6 Å². The number of furan rings is 1. The van der Waals surface area contributed by atoms with Gasteiger partial charge in [-0.2, -0.15) is 0 Å². The number of carbonyl (C=O) groups excluding carboxylic acids is 1. The number of hydrogen-bond acceptors (Lipinski definition) is 3. The molecule has 0 spiro atoms. The summed E-state index contributed by atoms with van der Waals surface area (Å²) in [5.41, 5.74) is -0.133. The van der Waals surface area contributed by atoms with E-state index in [0.29, 0.717) is 11.3 Å². The van der Waals surface area contributed by atoms with Crippen LogP contribution in [0.15, 0.2) is 126 Å². The monoisotopic (exact) mass is 624 g/mol. The molecule has 40 heavy (non-hydrogen) atoms. The number of alkyl halides is 3. The standard InChI is InChI=1S/C32H25BrF3O3P/c1-38-31(37)28-21-29(23-17-19-24(20-18-23)32(34,35)36)39-30(28)22-40(33,25-11-5-2-6-12-25,26-13-7-3-8-14-26)27-15-9-4-10-16-27/h2-21H,22H2,1H3. The summed E-state index contributed by atoms with van der Waals surface area (Å²) >= 11 is 4.35. The van der Waals surface area contributed by atoms with Crippen LogP contribution in [0.5, 0.6) is 0 Å². The van der Waals surface area contributed by atoms with Gasteiger partial charge in [0.2, 0.25) is 0 Å². The molecule has 8 heteroatoms. The number of benzene rings is 4. The summed E-state index contributed by atoms with van der Waals surface area (Å²) in [5.74, 6) is 0.0485. The Labute approximate surface area is 238 Å². The molecule has 4 aromatic carbocycles. The van der Waals surface area contributed by atoms with Gasteiger partial charge in [-0.15, -0.1) is 0 Å². The number of halogens is 4. The van der Waals surface area contributed by atoms with E-state index in [2.05, 4.69) is 51.9 Å². The van der Waals surface area contributed by atoms with Crippen molar-refractivity contribution >= 4 is 42.7 Å². The number of ether oxygens (including phenoxy) is 1. The molecule has 0 saturated heterocycles. The Hall–Kier alpha value is -3.67. The van der Waals surface area contributed by atoms with Gasteiger partial charge >= 0.3 is 239 Å². The Balaban J connectivity index is 1.76. The quantitative estimate of drug-likeness (QED) is 0.136. The second kappa shape index (κ2) is 10.7. The van der Waals surface area contributed by atoms with Crippen molar-refractivity contribution in [2.75, 3.05) is 7.11 Å². The maximum atomic E-state index is 13.2. The average Bonchev–Trinajstić information content (AvgIpc) is 3.41. The van der Waals surface area contributed by atoms with E-state index < -0.39 is 23.0 Å². The van der Waals surface area contributed by atoms with Crippen LogP contribution in [-0.4, -0.2) is 13.1 Å². The number of hydrogen-bond donors (Lipinski definition) is 0. The first-order valence-electron chi connectivity index (χ1n) is 12.4. The minimum absolute atomic E-state index is 0.216. The molecule has 0 radical (unpaired) electrons. The fraction of sp³-hybridized carbons (Fsp3) is 0.0938. The van der Waals surface area contributed by atoms with Crippen molar-refractivity contribution in [3.8, 4) is 11.3 Å². The van der Waals surface area contributed by atoms with Crippen LogP contribution in [0.3, 0.4) is 0 Å². The van der Waals surface area contributed by atoms with E-state index in [0.717, 1.165) is 28.0 Å². The Morgan fingerprint density at radius 3 is 1.62 bits per heavy atom. The van der Waals surface area contributed by atoms with Gasteiger partial charge in [0.05, 0.1) is 0 Å². The average molecular weight is 625 g/mol. The summed E-state index contributed by atoms with van der Waals surface area (Å²) < 4.78 is 51.0. The molecule has 0 N–H and O–H groups in total. The number of rotatable bonds is 7. The number of methoxy groups -OCH3 is 1. The van der Waals surface area contributed by atoms with Gasteiger partial charge in [-0.1, -0.05) is 0 Å². The van der Waals surface area contributed by atoms with E-state index in [1.54, 1.807) is 6.07 Å². The van der Waals surface area contributed by atoms with E-state index in [4.69, 9.17) is 9.15 Å². The molecule has 0 amide bonds. The molecule has 5 rings (SSSR count). The van der Waals surface area contributed by atoms with Crippen molar-refractivity contribution in [2.45, 2.75) is 12.3 Å². The first-order valence-corrected chi connectivity index (χ1v) is 16.9. The summed E-state index contributed by atoms with van der Waals surface area (Å²) in [7, 11) is 1.29. The Bertz CT molecular complexity index is 1520. The summed E-state index contributed by atoms with van der Waals surface area (Å²) in [4.78, 5) is 13.0. The predicted octanol–water partition coefficient (Wildman–Crippen LogP) is 8.09. The molecule has 1 heterocycles.